The molecule has 0 bridgehead atoms. The number of halogens is 1. The number of amides is 1. The second-order valence-electron chi connectivity index (χ2n) is 7.54. The Bertz CT molecular complexity index is 760. The highest BCUT2D eigenvalue weighted by Crippen LogP contribution is 2.27. The van der Waals surface area contributed by atoms with Crippen molar-refractivity contribution in [3.05, 3.63) is 23.3 Å². The van der Waals surface area contributed by atoms with Crippen LogP contribution in [-0.2, 0) is 14.8 Å². The summed E-state index contributed by atoms with van der Waals surface area (Å²) in [7, 11) is -0.536. The highest BCUT2D eigenvalue weighted by molar-refractivity contribution is 7.89. The lowest BCUT2D eigenvalue weighted by Gasteiger charge is -2.28. The molecule has 1 saturated heterocycles. The van der Waals surface area contributed by atoms with Crippen molar-refractivity contribution in [1.82, 2.24) is 9.62 Å². The summed E-state index contributed by atoms with van der Waals surface area (Å²) in [6.45, 7) is 7.88. The molecule has 1 amide bonds. The first-order valence-corrected chi connectivity index (χ1v) is 10.6. The van der Waals surface area contributed by atoms with Crippen LogP contribution in [0.25, 0.3) is 0 Å². The minimum Gasteiger partial charge on any atom is -0.326 e. The Labute approximate surface area is 169 Å². The number of piperidine rings is 1. The summed E-state index contributed by atoms with van der Waals surface area (Å²) in [6, 6.07) is 3.21. The van der Waals surface area contributed by atoms with Crippen LogP contribution in [0, 0.1) is 25.7 Å². The van der Waals surface area contributed by atoms with Gasteiger partial charge in [0.05, 0.1) is 4.90 Å². The van der Waals surface area contributed by atoms with Crippen molar-refractivity contribution in [1.29, 1.82) is 0 Å². The van der Waals surface area contributed by atoms with Crippen LogP contribution in [-0.4, -0.2) is 45.8 Å². The van der Waals surface area contributed by atoms with E-state index in [0.29, 0.717) is 18.0 Å². The third kappa shape index (κ3) is 5.91. The van der Waals surface area contributed by atoms with E-state index in [1.54, 1.807) is 12.1 Å². The van der Waals surface area contributed by atoms with E-state index >= 15 is 0 Å². The Morgan fingerprint density at radius 2 is 2.00 bits per heavy atom. The summed E-state index contributed by atoms with van der Waals surface area (Å²) in [5, 5.41) is 6.32. The molecule has 2 N–H and O–H groups in total. The van der Waals surface area contributed by atoms with E-state index in [9.17, 15) is 13.2 Å². The standard InChI is InChI=1S/C19H31N3O3S.ClH/c1-13-9-17(26(24,25)22(4)5)11-18(15(13)3)21-19(23)10-14(2)16-7-6-8-20-12-16;/h9,11,14,16,20H,6-8,10,12H2,1-5H3,(H,21,23);1H. The summed E-state index contributed by atoms with van der Waals surface area (Å²) in [6.07, 6.45) is 2.74. The maximum absolute atomic E-state index is 12.5. The molecule has 0 radical (unpaired) electrons. The van der Waals surface area contributed by atoms with Gasteiger partial charge < -0.3 is 10.6 Å². The molecule has 27 heavy (non-hydrogen) atoms. The van der Waals surface area contributed by atoms with E-state index in [2.05, 4.69) is 17.6 Å². The zero-order valence-electron chi connectivity index (χ0n) is 16.8. The largest absolute Gasteiger partial charge is 0.326 e. The van der Waals surface area contributed by atoms with Crippen molar-refractivity contribution in [2.45, 2.75) is 44.9 Å². The van der Waals surface area contributed by atoms with E-state index in [-0.39, 0.29) is 29.1 Å². The third-order valence-electron chi connectivity index (χ3n) is 5.34. The monoisotopic (exact) mass is 417 g/mol. The van der Waals surface area contributed by atoms with Crippen molar-refractivity contribution < 1.29 is 13.2 Å². The van der Waals surface area contributed by atoms with Crippen LogP contribution in [0.1, 0.15) is 37.3 Å². The average molecular weight is 418 g/mol. The fourth-order valence-corrected chi connectivity index (χ4v) is 4.35. The van der Waals surface area contributed by atoms with Gasteiger partial charge in [-0.1, -0.05) is 6.92 Å². The summed E-state index contributed by atoms with van der Waals surface area (Å²) in [5.74, 6) is 0.737. The molecule has 1 fully saturated rings. The van der Waals surface area contributed by atoms with Gasteiger partial charge in [-0.15, -0.1) is 12.4 Å². The molecule has 2 atom stereocenters. The molecule has 0 spiro atoms. The van der Waals surface area contributed by atoms with Gasteiger partial charge in [-0.2, -0.15) is 0 Å². The summed E-state index contributed by atoms with van der Waals surface area (Å²) in [4.78, 5) is 12.7. The van der Waals surface area contributed by atoms with Crippen LogP contribution in [0.15, 0.2) is 17.0 Å². The molecule has 154 valence electrons. The molecule has 1 aromatic rings. The molecular formula is C19H32ClN3O3S. The van der Waals surface area contributed by atoms with Gasteiger partial charge in [0.2, 0.25) is 15.9 Å². The predicted octanol–water partition coefficient (Wildman–Crippen LogP) is 2.94. The van der Waals surface area contributed by atoms with Gasteiger partial charge in [-0.05, 0) is 74.9 Å². The SMILES string of the molecule is Cc1cc(S(=O)(=O)N(C)C)cc(NC(=O)CC(C)C2CCCNC2)c1C.Cl. The number of nitrogens with zero attached hydrogens (tertiary/aromatic N) is 1. The maximum Gasteiger partial charge on any atom is 0.242 e. The Morgan fingerprint density at radius 1 is 1.33 bits per heavy atom. The van der Waals surface area contributed by atoms with Crippen molar-refractivity contribution in [2.24, 2.45) is 11.8 Å². The molecule has 6 nitrogen and oxygen atoms in total. The molecule has 1 aliphatic heterocycles. The van der Waals surface area contributed by atoms with Crippen molar-refractivity contribution in [2.75, 3.05) is 32.5 Å². The van der Waals surface area contributed by atoms with Gasteiger partial charge in [0.25, 0.3) is 0 Å². The fraction of sp³-hybridized carbons (Fsp3) is 0.632. The van der Waals surface area contributed by atoms with Crippen LogP contribution in [0.5, 0.6) is 0 Å². The van der Waals surface area contributed by atoms with Crippen LogP contribution < -0.4 is 10.6 Å². The normalized spacial score (nSPS) is 18.7. The second kappa shape index (κ2) is 9.87. The summed E-state index contributed by atoms with van der Waals surface area (Å²) in [5.41, 5.74) is 2.31. The predicted molar refractivity (Wildman–Crippen MR) is 112 cm³/mol. The van der Waals surface area contributed by atoms with Crippen LogP contribution in [0.2, 0.25) is 0 Å². The molecule has 0 saturated carbocycles. The zero-order valence-corrected chi connectivity index (χ0v) is 18.5. The topological polar surface area (TPSA) is 78.5 Å². The Morgan fingerprint density at radius 3 is 2.56 bits per heavy atom. The lowest BCUT2D eigenvalue weighted by atomic mass is 9.85. The molecule has 1 aliphatic rings. The van der Waals surface area contributed by atoms with Crippen LogP contribution in [0.3, 0.4) is 0 Å². The van der Waals surface area contributed by atoms with Crippen molar-refractivity contribution in [3.63, 3.8) is 0 Å². The molecule has 2 unspecified atom stereocenters. The Balaban J connectivity index is 0.00000364. The average Bonchev–Trinajstić information content (AvgIpc) is 2.59. The van der Waals surface area contributed by atoms with E-state index in [1.807, 2.05) is 13.8 Å². The lowest BCUT2D eigenvalue weighted by molar-refractivity contribution is -0.117. The maximum atomic E-state index is 12.5. The number of aryl methyl sites for hydroxylation is 1. The molecule has 8 heteroatoms. The van der Waals surface area contributed by atoms with Gasteiger partial charge >= 0.3 is 0 Å². The first-order valence-electron chi connectivity index (χ1n) is 9.17. The molecule has 2 rings (SSSR count). The van der Waals surface area contributed by atoms with Gasteiger partial charge in [-0.3, -0.25) is 4.79 Å². The Hall–Kier alpha value is -1.15. The molecule has 0 aromatic heterocycles. The van der Waals surface area contributed by atoms with Gasteiger partial charge in [0.15, 0.2) is 0 Å². The number of hydrogen-bond acceptors (Lipinski definition) is 4. The van der Waals surface area contributed by atoms with E-state index in [4.69, 9.17) is 0 Å². The fourth-order valence-electron chi connectivity index (χ4n) is 3.34. The van der Waals surface area contributed by atoms with Crippen molar-refractivity contribution in [3.8, 4) is 0 Å². The molecule has 1 heterocycles. The number of rotatable bonds is 6. The first kappa shape index (κ1) is 23.9. The highest BCUT2D eigenvalue weighted by Gasteiger charge is 2.23. The molecule has 1 aromatic carbocycles. The number of anilines is 1. The van der Waals surface area contributed by atoms with Gasteiger partial charge in [0, 0.05) is 26.2 Å². The highest BCUT2D eigenvalue weighted by atomic mass is 35.5. The number of carbonyl (C=O) groups is 1. The number of nitrogens with one attached hydrogen (secondary N) is 2. The van der Waals surface area contributed by atoms with E-state index in [1.165, 1.54) is 18.4 Å². The number of sulfonamides is 1. The Kier molecular flexibility index (Phi) is 8.73. The lowest BCUT2D eigenvalue weighted by Crippen LogP contribution is -2.34. The number of benzene rings is 1. The number of carbonyl (C=O) groups excluding carboxylic acids is 1. The second-order valence-corrected chi connectivity index (χ2v) is 9.69. The van der Waals surface area contributed by atoms with Crippen LogP contribution in [0.4, 0.5) is 5.69 Å². The minimum absolute atomic E-state index is 0. The summed E-state index contributed by atoms with van der Waals surface area (Å²) >= 11 is 0. The summed E-state index contributed by atoms with van der Waals surface area (Å²) < 4.78 is 26.0. The van der Waals surface area contributed by atoms with Gasteiger partial charge in [0.1, 0.15) is 0 Å². The first-order chi connectivity index (χ1) is 12.1. The van der Waals surface area contributed by atoms with Gasteiger partial charge in [-0.25, -0.2) is 12.7 Å². The molecule has 0 aliphatic carbocycles. The molecular weight excluding hydrogens is 386 g/mol. The smallest absolute Gasteiger partial charge is 0.242 e. The van der Waals surface area contributed by atoms with E-state index in [0.717, 1.165) is 37.1 Å². The van der Waals surface area contributed by atoms with Crippen molar-refractivity contribution >= 4 is 34.0 Å². The number of hydrogen-bond donors (Lipinski definition) is 2. The minimum atomic E-state index is -3.54. The quantitative estimate of drug-likeness (QED) is 0.745. The zero-order chi connectivity index (χ0) is 19.5. The van der Waals surface area contributed by atoms with Crippen LogP contribution >= 0.6 is 12.4 Å². The third-order valence-corrected chi connectivity index (χ3v) is 7.13. The van der Waals surface area contributed by atoms with E-state index < -0.39 is 10.0 Å².